The summed E-state index contributed by atoms with van der Waals surface area (Å²) in [5, 5.41) is 20.2. The van der Waals surface area contributed by atoms with Gasteiger partial charge in [-0.1, -0.05) is 0 Å². The Bertz CT molecular complexity index is 1190. The molecule has 33 heavy (non-hydrogen) atoms. The molecule has 7 N–H and O–H groups in total. The number of carbonyl (C=O) groups excluding carboxylic acids is 1. The van der Waals surface area contributed by atoms with E-state index in [1.807, 2.05) is 0 Å². The van der Waals surface area contributed by atoms with Crippen molar-refractivity contribution in [2.24, 2.45) is 0 Å². The van der Waals surface area contributed by atoms with Gasteiger partial charge in [-0.2, -0.15) is 9.97 Å². The van der Waals surface area contributed by atoms with Crippen LogP contribution < -0.4 is 21.5 Å². The molecule has 0 unspecified atom stereocenters. The van der Waals surface area contributed by atoms with Gasteiger partial charge >= 0.3 is 11.9 Å². The minimum Gasteiger partial charge on any atom is -0.493 e. The third-order valence-electron chi connectivity index (χ3n) is 4.49. The molecule has 2 aromatic heterocycles. The lowest BCUT2D eigenvalue weighted by molar-refractivity contribution is -0.140. The standard InChI is InChI=1S/C20H21N7O6/c21-16-15-17(27-20(22)26-16)23-9-11(24-15)7-8-33-12-3-1-10(2-4-12)18(30)25-13(19(31)32)5-6-14(28)29/h1-4,9,13H,5-8H2,(H,25,30)(H,28,29)(H,31,32)(H4,21,22,23,26,27)/t13-/m0/s1. The van der Waals surface area contributed by atoms with Crippen LogP contribution in [0.5, 0.6) is 5.75 Å². The van der Waals surface area contributed by atoms with Crippen LogP contribution in [0, 0.1) is 0 Å². The van der Waals surface area contributed by atoms with E-state index in [0.717, 1.165) is 0 Å². The van der Waals surface area contributed by atoms with E-state index in [4.69, 9.17) is 26.4 Å². The highest BCUT2D eigenvalue weighted by Gasteiger charge is 2.21. The van der Waals surface area contributed by atoms with Gasteiger partial charge in [-0.25, -0.2) is 14.8 Å². The maximum absolute atomic E-state index is 12.3. The van der Waals surface area contributed by atoms with Gasteiger partial charge in [0.2, 0.25) is 5.95 Å². The first-order valence-corrected chi connectivity index (χ1v) is 9.76. The molecule has 3 aromatic rings. The molecule has 1 amide bonds. The van der Waals surface area contributed by atoms with Crippen molar-refractivity contribution in [2.45, 2.75) is 25.3 Å². The van der Waals surface area contributed by atoms with Crippen molar-refractivity contribution < 1.29 is 29.3 Å². The fraction of sp³-hybridized carbons (Fsp3) is 0.250. The third kappa shape index (κ3) is 6.22. The van der Waals surface area contributed by atoms with Crippen molar-refractivity contribution in [3.8, 4) is 5.75 Å². The van der Waals surface area contributed by atoms with Gasteiger partial charge in [0.15, 0.2) is 17.0 Å². The number of carbonyl (C=O) groups is 3. The molecule has 13 nitrogen and oxygen atoms in total. The van der Waals surface area contributed by atoms with E-state index in [1.165, 1.54) is 18.3 Å². The van der Waals surface area contributed by atoms with E-state index in [2.05, 4.69) is 25.3 Å². The molecule has 0 saturated carbocycles. The van der Waals surface area contributed by atoms with E-state index >= 15 is 0 Å². The quantitative estimate of drug-likeness (QED) is 0.278. The second-order valence-corrected chi connectivity index (χ2v) is 6.92. The van der Waals surface area contributed by atoms with Gasteiger partial charge in [0.25, 0.3) is 5.91 Å². The average molecular weight is 455 g/mol. The number of hydrogen-bond donors (Lipinski definition) is 5. The van der Waals surface area contributed by atoms with Crippen LogP contribution in [0.4, 0.5) is 11.8 Å². The summed E-state index contributed by atoms with van der Waals surface area (Å²) >= 11 is 0. The molecule has 0 spiro atoms. The first-order chi connectivity index (χ1) is 15.7. The largest absolute Gasteiger partial charge is 0.493 e. The van der Waals surface area contributed by atoms with Gasteiger partial charge in [0, 0.05) is 18.4 Å². The molecule has 0 aliphatic heterocycles. The summed E-state index contributed by atoms with van der Waals surface area (Å²) in [6.45, 7) is 0.262. The number of nitrogen functional groups attached to an aromatic ring is 2. The zero-order valence-corrected chi connectivity index (χ0v) is 17.3. The van der Waals surface area contributed by atoms with E-state index < -0.39 is 23.9 Å². The predicted molar refractivity (Wildman–Crippen MR) is 115 cm³/mol. The Morgan fingerprint density at radius 3 is 2.45 bits per heavy atom. The Hall–Kier alpha value is -4.55. The number of benzene rings is 1. The molecule has 0 saturated heterocycles. The Balaban J connectivity index is 1.55. The maximum Gasteiger partial charge on any atom is 0.326 e. The van der Waals surface area contributed by atoms with Crippen LogP contribution in [-0.2, 0) is 16.0 Å². The second kappa shape index (κ2) is 10.2. The van der Waals surface area contributed by atoms with Gasteiger partial charge in [-0.3, -0.25) is 9.59 Å². The van der Waals surface area contributed by atoms with Crippen LogP contribution in [0.3, 0.4) is 0 Å². The van der Waals surface area contributed by atoms with E-state index in [9.17, 15) is 14.4 Å². The number of nitrogens with one attached hydrogen (secondary N) is 1. The topological polar surface area (TPSA) is 217 Å². The molecule has 1 aromatic carbocycles. The van der Waals surface area contributed by atoms with Gasteiger partial charge in [-0.05, 0) is 30.7 Å². The Morgan fingerprint density at radius 1 is 1.06 bits per heavy atom. The van der Waals surface area contributed by atoms with Crippen LogP contribution in [0.1, 0.15) is 28.9 Å². The van der Waals surface area contributed by atoms with Crippen molar-refractivity contribution in [1.29, 1.82) is 0 Å². The van der Waals surface area contributed by atoms with Gasteiger partial charge in [0.05, 0.1) is 18.5 Å². The summed E-state index contributed by atoms with van der Waals surface area (Å²) in [6, 6.07) is 4.76. The number of nitrogens with two attached hydrogens (primary N) is 2. The first kappa shape index (κ1) is 23.1. The van der Waals surface area contributed by atoms with Crippen molar-refractivity contribution in [3.63, 3.8) is 0 Å². The number of ether oxygens (including phenoxy) is 1. The number of fused-ring (bicyclic) bond motifs is 1. The minimum absolute atomic E-state index is 0.0150. The zero-order chi connectivity index (χ0) is 24.0. The molecular formula is C20H21N7O6. The van der Waals surface area contributed by atoms with Crippen LogP contribution >= 0.6 is 0 Å². The maximum atomic E-state index is 12.3. The number of aromatic nitrogens is 4. The van der Waals surface area contributed by atoms with Crippen molar-refractivity contribution >= 4 is 40.8 Å². The number of rotatable bonds is 10. The van der Waals surface area contributed by atoms with Crippen LogP contribution in [0.15, 0.2) is 30.5 Å². The lowest BCUT2D eigenvalue weighted by atomic mass is 10.1. The molecule has 0 fully saturated rings. The Labute approximate surface area is 186 Å². The predicted octanol–water partition coefficient (Wildman–Crippen LogP) is 0.254. The number of nitrogens with zero attached hydrogens (tertiary/aromatic N) is 4. The second-order valence-electron chi connectivity index (χ2n) is 6.92. The fourth-order valence-electron chi connectivity index (χ4n) is 2.85. The molecule has 2 heterocycles. The highest BCUT2D eigenvalue weighted by atomic mass is 16.5. The van der Waals surface area contributed by atoms with Crippen LogP contribution in [0.2, 0.25) is 0 Å². The zero-order valence-electron chi connectivity index (χ0n) is 17.3. The van der Waals surface area contributed by atoms with Gasteiger partial charge in [0.1, 0.15) is 11.8 Å². The SMILES string of the molecule is Nc1nc(N)c2nc(CCOc3ccc(C(=O)N[C@@H](CCC(=O)O)C(=O)O)cc3)cnc2n1. The number of carboxylic acid groups (broad SMARTS) is 2. The van der Waals surface area contributed by atoms with Crippen molar-refractivity contribution in [1.82, 2.24) is 25.3 Å². The molecule has 13 heteroatoms. The number of carboxylic acids is 2. The summed E-state index contributed by atoms with van der Waals surface area (Å²) in [5.41, 5.74) is 12.8. The fourth-order valence-corrected chi connectivity index (χ4v) is 2.85. The third-order valence-corrected chi connectivity index (χ3v) is 4.49. The molecule has 3 rings (SSSR count). The lowest BCUT2D eigenvalue weighted by Crippen LogP contribution is -2.41. The summed E-state index contributed by atoms with van der Waals surface area (Å²) in [6.07, 6.45) is 1.35. The van der Waals surface area contributed by atoms with Crippen LogP contribution in [0.25, 0.3) is 11.2 Å². The lowest BCUT2D eigenvalue weighted by Gasteiger charge is -2.14. The average Bonchev–Trinajstić information content (AvgIpc) is 2.77. The van der Waals surface area contributed by atoms with Crippen molar-refractivity contribution in [3.05, 3.63) is 41.7 Å². The van der Waals surface area contributed by atoms with Gasteiger partial charge in [-0.15, -0.1) is 0 Å². The molecule has 0 aliphatic carbocycles. The Kier molecular flexibility index (Phi) is 7.13. The summed E-state index contributed by atoms with van der Waals surface area (Å²) in [4.78, 5) is 50.5. The van der Waals surface area contributed by atoms with Crippen molar-refractivity contribution in [2.75, 3.05) is 18.1 Å². The highest BCUT2D eigenvalue weighted by Crippen LogP contribution is 2.16. The number of aliphatic carboxylic acids is 2. The number of anilines is 2. The Morgan fingerprint density at radius 2 is 1.79 bits per heavy atom. The number of hydrogen-bond acceptors (Lipinski definition) is 10. The summed E-state index contributed by atoms with van der Waals surface area (Å²) < 4.78 is 5.65. The summed E-state index contributed by atoms with van der Waals surface area (Å²) in [7, 11) is 0. The van der Waals surface area contributed by atoms with E-state index in [0.29, 0.717) is 29.0 Å². The molecular weight excluding hydrogens is 434 g/mol. The molecule has 0 radical (unpaired) electrons. The van der Waals surface area contributed by atoms with E-state index in [-0.39, 0.29) is 36.8 Å². The summed E-state index contributed by atoms with van der Waals surface area (Å²) in [5.74, 6) is -2.45. The molecule has 0 aliphatic rings. The smallest absolute Gasteiger partial charge is 0.326 e. The normalized spacial score (nSPS) is 11.6. The first-order valence-electron chi connectivity index (χ1n) is 9.76. The van der Waals surface area contributed by atoms with Crippen LogP contribution in [-0.4, -0.2) is 60.6 Å². The van der Waals surface area contributed by atoms with Gasteiger partial charge < -0.3 is 31.7 Å². The minimum atomic E-state index is -1.31. The monoisotopic (exact) mass is 455 g/mol. The molecule has 172 valence electrons. The molecule has 1 atom stereocenters. The molecule has 0 bridgehead atoms. The number of amides is 1. The van der Waals surface area contributed by atoms with E-state index in [1.54, 1.807) is 12.1 Å². The highest BCUT2D eigenvalue weighted by molar-refractivity contribution is 5.96.